The zero-order chi connectivity index (χ0) is 10.4. The predicted octanol–water partition coefficient (Wildman–Crippen LogP) is 1.90. The Morgan fingerprint density at radius 1 is 1.36 bits per heavy atom. The van der Waals surface area contributed by atoms with Crippen molar-refractivity contribution in [1.29, 1.82) is 0 Å². The number of anilines is 1. The third-order valence-corrected chi connectivity index (χ3v) is 1.82. The van der Waals surface area contributed by atoms with Crippen LogP contribution < -0.4 is 5.73 Å². The van der Waals surface area contributed by atoms with Crippen LogP contribution in [-0.4, -0.2) is 17.9 Å². The van der Waals surface area contributed by atoms with E-state index in [-0.39, 0.29) is 6.61 Å². The zero-order valence-electron chi connectivity index (χ0n) is 7.77. The molecule has 0 saturated heterocycles. The Balaban J connectivity index is 2.25. The van der Waals surface area contributed by atoms with Crippen LogP contribution in [0.15, 0.2) is 24.3 Å². The summed E-state index contributed by atoms with van der Waals surface area (Å²) in [6.45, 7) is 0.236. The topological polar surface area (TPSA) is 72.5 Å². The fourth-order valence-electron chi connectivity index (χ4n) is 1.12. The minimum atomic E-state index is -1.22. The molecule has 0 fully saturated rings. The van der Waals surface area contributed by atoms with Crippen LogP contribution in [0.3, 0.4) is 0 Å². The first-order chi connectivity index (χ1) is 6.68. The molecule has 0 aliphatic carbocycles. The van der Waals surface area contributed by atoms with Gasteiger partial charge in [-0.3, -0.25) is 0 Å². The highest BCUT2D eigenvalue weighted by Crippen LogP contribution is 2.07. The fourth-order valence-corrected chi connectivity index (χ4v) is 1.12. The molecule has 0 saturated carbocycles. The molecule has 0 heterocycles. The molecule has 0 aromatic heterocycles. The number of hydrogen-bond acceptors (Lipinski definition) is 3. The van der Waals surface area contributed by atoms with Crippen molar-refractivity contribution < 1.29 is 14.6 Å². The van der Waals surface area contributed by atoms with Gasteiger partial charge in [0.15, 0.2) is 0 Å². The summed E-state index contributed by atoms with van der Waals surface area (Å²) >= 11 is 0. The van der Waals surface area contributed by atoms with E-state index in [9.17, 15) is 4.79 Å². The molecule has 0 spiro atoms. The number of nitrogen functional groups attached to an aromatic ring is 1. The number of carboxylic acid groups (broad SMARTS) is 1. The van der Waals surface area contributed by atoms with Crippen molar-refractivity contribution in [1.82, 2.24) is 0 Å². The summed E-state index contributed by atoms with van der Waals surface area (Å²) in [5, 5.41) is 8.21. The van der Waals surface area contributed by atoms with E-state index in [0.717, 1.165) is 17.7 Å². The van der Waals surface area contributed by atoms with Crippen LogP contribution in [0.25, 0.3) is 0 Å². The van der Waals surface area contributed by atoms with Crippen molar-refractivity contribution in [2.75, 3.05) is 12.3 Å². The van der Waals surface area contributed by atoms with Gasteiger partial charge in [-0.15, -0.1) is 0 Å². The second-order valence-electron chi connectivity index (χ2n) is 2.96. The van der Waals surface area contributed by atoms with Gasteiger partial charge in [-0.2, -0.15) is 0 Å². The molecule has 14 heavy (non-hydrogen) atoms. The molecule has 76 valence electrons. The van der Waals surface area contributed by atoms with E-state index in [4.69, 9.17) is 10.8 Å². The van der Waals surface area contributed by atoms with Crippen LogP contribution in [0.2, 0.25) is 0 Å². The molecule has 0 bridgehead atoms. The van der Waals surface area contributed by atoms with Gasteiger partial charge in [0.2, 0.25) is 0 Å². The molecule has 0 radical (unpaired) electrons. The lowest BCUT2D eigenvalue weighted by Gasteiger charge is -2.01. The van der Waals surface area contributed by atoms with E-state index in [1.54, 1.807) is 0 Å². The number of hydrogen-bond donors (Lipinski definition) is 2. The summed E-state index contributed by atoms with van der Waals surface area (Å²) < 4.78 is 4.38. The summed E-state index contributed by atoms with van der Waals surface area (Å²) in [6.07, 6.45) is 0.270. The van der Waals surface area contributed by atoms with Crippen LogP contribution in [0.1, 0.15) is 12.0 Å². The molecule has 4 heteroatoms. The summed E-state index contributed by atoms with van der Waals surface area (Å²) in [5.41, 5.74) is 7.38. The monoisotopic (exact) mass is 195 g/mol. The van der Waals surface area contributed by atoms with Gasteiger partial charge in [-0.05, 0) is 30.5 Å². The number of nitrogens with two attached hydrogens (primary N) is 1. The van der Waals surface area contributed by atoms with E-state index in [1.807, 2.05) is 24.3 Å². The van der Waals surface area contributed by atoms with Gasteiger partial charge >= 0.3 is 6.16 Å². The lowest BCUT2D eigenvalue weighted by atomic mass is 10.1. The molecule has 3 N–H and O–H groups in total. The SMILES string of the molecule is Nc1ccc(CCCOC(=O)O)cc1. The van der Waals surface area contributed by atoms with Crippen molar-refractivity contribution in [3.05, 3.63) is 29.8 Å². The van der Waals surface area contributed by atoms with Crippen LogP contribution >= 0.6 is 0 Å². The van der Waals surface area contributed by atoms with E-state index in [0.29, 0.717) is 6.42 Å². The van der Waals surface area contributed by atoms with E-state index in [2.05, 4.69) is 4.74 Å². The van der Waals surface area contributed by atoms with E-state index < -0.39 is 6.16 Å². The number of benzene rings is 1. The molecular weight excluding hydrogens is 182 g/mol. The van der Waals surface area contributed by atoms with Gasteiger partial charge in [0.25, 0.3) is 0 Å². The molecule has 0 unspecified atom stereocenters. The lowest BCUT2D eigenvalue weighted by molar-refractivity contribution is 0.0907. The summed E-state index contributed by atoms with van der Waals surface area (Å²) in [4.78, 5) is 10.0. The van der Waals surface area contributed by atoms with Gasteiger partial charge in [-0.1, -0.05) is 12.1 Å². The molecule has 1 aromatic carbocycles. The lowest BCUT2D eigenvalue weighted by Crippen LogP contribution is -2.02. The zero-order valence-corrected chi connectivity index (χ0v) is 7.77. The fraction of sp³-hybridized carbons (Fsp3) is 0.300. The third kappa shape index (κ3) is 3.80. The predicted molar refractivity (Wildman–Crippen MR) is 53.2 cm³/mol. The standard InChI is InChI=1S/C10H13NO3/c11-9-5-3-8(4-6-9)2-1-7-14-10(12)13/h3-6H,1-2,7,11H2,(H,12,13). The van der Waals surface area contributed by atoms with Crippen molar-refractivity contribution in [3.8, 4) is 0 Å². The van der Waals surface area contributed by atoms with Crippen LogP contribution in [0.5, 0.6) is 0 Å². The van der Waals surface area contributed by atoms with Crippen LogP contribution in [0.4, 0.5) is 10.5 Å². The minimum Gasteiger partial charge on any atom is -0.450 e. The first-order valence-electron chi connectivity index (χ1n) is 4.38. The molecule has 0 amide bonds. The maximum atomic E-state index is 10.0. The first kappa shape index (κ1) is 10.4. The molecule has 0 aliphatic heterocycles. The second-order valence-corrected chi connectivity index (χ2v) is 2.96. The summed E-state index contributed by atoms with van der Waals surface area (Å²) in [6, 6.07) is 7.51. The molecule has 4 nitrogen and oxygen atoms in total. The molecule has 1 aromatic rings. The van der Waals surface area contributed by atoms with Gasteiger partial charge in [-0.25, -0.2) is 4.79 Å². The molecule has 0 atom stereocenters. The summed E-state index contributed by atoms with van der Waals surface area (Å²) in [7, 11) is 0. The van der Waals surface area contributed by atoms with Crippen molar-refractivity contribution in [2.24, 2.45) is 0 Å². The Morgan fingerprint density at radius 3 is 2.57 bits per heavy atom. The Morgan fingerprint density at radius 2 is 2.00 bits per heavy atom. The second kappa shape index (κ2) is 5.11. The highest BCUT2D eigenvalue weighted by molar-refractivity contribution is 5.56. The third-order valence-electron chi connectivity index (χ3n) is 1.82. The van der Waals surface area contributed by atoms with Gasteiger partial charge < -0.3 is 15.6 Å². The Labute approximate surface area is 82.3 Å². The average Bonchev–Trinajstić information content (AvgIpc) is 2.15. The summed E-state index contributed by atoms with van der Waals surface area (Å²) in [5.74, 6) is 0. The van der Waals surface area contributed by atoms with Crippen molar-refractivity contribution in [2.45, 2.75) is 12.8 Å². The quantitative estimate of drug-likeness (QED) is 0.437. The Bertz CT molecular complexity index is 295. The minimum absolute atomic E-state index is 0.236. The highest BCUT2D eigenvalue weighted by atomic mass is 16.7. The average molecular weight is 195 g/mol. The molecular formula is C10H13NO3. The van der Waals surface area contributed by atoms with Gasteiger partial charge in [0.1, 0.15) is 0 Å². The largest absolute Gasteiger partial charge is 0.505 e. The smallest absolute Gasteiger partial charge is 0.450 e. The molecule has 0 aliphatic rings. The van der Waals surface area contributed by atoms with E-state index >= 15 is 0 Å². The van der Waals surface area contributed by atoms with E-state index in [1.165, 1.54) is 0 Å². The maximum absolute atomic E-state index is 10.0. The Kier molecular flexibility index (Phi) is 3.79. The number of aryl methyl sites for hydroxylation is 1. The molecule has 1 rings (SSSR count). The van der Waals surface area contributed by atoms with Crippen molar-refractivity contribution >= 4 is 11.8 Å². The number of carbonyl (C=O) groups is 1. The number of rotatable bonds is 4. The highest BCUT2D eigenvalue weighted by Gasteiger charge is 1.97. The number of ether oxygens (including phenoxy) is 1. The Hall–Kier alpha value is -1.71. The normalized spacial score (nSPS) is 9.71. The maximum Gasteiger partial charge on any atom is 0.505 e. The van der Waals surface area contributed by atoms with Gasteiger partial charge in [0, 0.05) is 5.69 Å². The van der Waals surface area contributed by atoms with Crippen molar-refractivity contribution in [3.63, 3.8) is 0 Å². The van der Waals surface area contributed by atoms with Crippen LogP contribution in [0, 0.1) is 0 Å². The first-order valence-corrected chi connectivity index (χ1v) is 4.38. The van der Waals surface area contributed by atoms with Crippen LogP contribution in [-0.2, 0) is 11.2 Å². The van der Waals surface area contributed by atoms with Gasteiger partial charge in [0.05, 0.1) is 6.61 Å².